The lowest BCUT2D eigenvalue weighted by Gasteiger charge is -2.31. The number of carboxylic acid groups (broad SMARTS) is 1. The van der Waals surface area contributed by atoms with Crippen LogP contribution < -0.4 is 0 Å². The minimum atomic E-state index is -0.674. The Morgan fingerprint density at radius 3 is 2.40 bits per heavy atom. The highest BCUT2D eigenvalue weighted by molar-refractivity contribution is 5.69. The molecule has 0 saturated heterocycles. The predicted octanol–water partition coefficient (Wildman–Crippen LogP) is 2.11. The van der Waals surface area contributed by atoms with Crippen molar-refractivity contribution in [3.8, 4) is 0 Å². The van der Waals surface area contributed by atoms with Gasteiger partial charge in [0.15, 0.2) is 0 Å². The van der Waals surface area contributed by atoms with E-state index in [-0.39, 0.29) is 6.54 Å². The van der Waals surface area contributed by atoms with Crippen molar-refractivity contribution in [3.05, 3.63) is 0 Å². The monoisotopic (exact) mass is 211 g/mol. The molecule has 2 fully saturated rings. The van der Waals surface area contributed by atoms with E-state index in [1.807, 2.05) is 0 Å². The SMILES string of the molecule is CC(C1CCCC1)N(CC(=O)O)C1CC1. The first-order valence-corrected chi connectivity index (χ1v) is 6.16. The number of carbonyl (C=O) groups is 1. The number of hydrogen-bond donors (Lipinski definition) is 1. The minimum Gasteiger partial charge on any atom is -0.480 e. The molecule has 1 unspecified atom stereocenters. The molecular formula is C12H21NO2. The Morgan fingerprint density at radius 1 is 1.33 bits per heavy atom. The maximum atomic E-state index is 10.8. The molecule has 3 heteroatoms. The van der Waals surface area contributed by atoms with E-state index in [0.717, 1.165) is 5.92 Å². The molecule has 2 saturated carbocycles. The minimum absolute atomic E-state index is 0.238. The molecule has 15 heavy (non-hydrogen) atoms. The van der Waals surface area contributed by atoms with Crippen molar-refractivity contribution in [2.24, 2.45) is 5.92 Å². The van der Waals surface area contributed by atoms with Crippen LogP contribution in [0.5, 0.6) is 0 Å². The molecule has 1 atom stereocenters. The van der Waals surface area contributed by atoms with Gasteiger partial charge in [-0.15, -0.1) is 0 Å². The molecule has 1 N–H and O–H groups in total. The summed E-state index contributed by atoms with van der Waals surface area (Å²) in [4.78, 5) is 13.0. The average Bonchev–Trinajstić information content (AvgIpc) is 2.88. The summed E-state index contributed by atoms with van der Waals surface area (Å²) in [6.45, 7) is 2.46. The van der Waals surface area contributed by atoms with Crippen LogP contribution in [0.25, 0.3) is 0 Å². The highest BCUT2D eigenvalue weighted by Gasteiger charge is 2.36. The summed E-state index contributed by atoms with van der Waals surface area (Å²) >= 11 is 0. The van der Waals surface area contributed by atoms with Gasteiger partial charge >= 0.3 is 5.97 Å². The van der Waals surface area contributed by atoms with E-state index in [0.29, 0.717) is 12.1 Å². The number of aliphatic carboxylic acids is 1. The van der Waals surface area contributed by atoms with Gasteiger partial charge in [-0.1, -0.05) is 12.8 Å². The second kappa shape index (κ2) is 4.52. The summed E-state index contributed by atoms with van der Waals surface area (Å²) in [5, 5.41) is 8.91. The fraction of sp³-hybridized carbons (Fsp3) is 0.917. The first-order valence-electron chi connectivity index (χ1n) is 6.16. The standard InChI is InChI=1S/C12H21NO2/c1-9(10-4-2-3-5-10)13(8-12(14)15)11-6-7-11/h9-11H,2-8H2,1H3,(H,14,15). The zero-order valence-electron chi connectivity index (χ0n) is 9.48. The van der Waals surface area contributed by atoms with Crippen molar-refractivity contribution in [1.82, 2.24) is 4.90 Å². The molecule has 0 radical (unpaired) electrons. The van der Waals surface area contributed by atoms with Crippen LogP contribution >= 0.6 is 0 Å². The number of rotatable bonds is 5. The second-order valence-corrected chi connectivity index (χ2v) is 5.08. The maximum Gasteiger partial charge on any atom is 0.317 e. The van der Waals surface area contributed by atoms with Crippen molar-refractivity contribution >= 4 is 5.97 Å². The Hall–Kier alpha value is -0.570. The molecule has 0 aromatic rings. The van der Waals surface area contributed by atoms with Gasteiger partial charge in [-0.05, 0) is 38.5 Å². The highest BCUT2D eigenvalue weighted by Crippen LogP contribution is 2.35. The first-order chi connectivity index (χ1) is 7.18. The summed E-state index contributed by atoms with van der Waals surface area (Å²) in [7, 11) is 0. The summed E-state index contributed by atoms with van der Waals surface area (Å²) in [5.41, 5.74) is 0. The summed E-state index contributed by atoms with van der Waals surface area (Å²) in [6.07, 6.45) is 7.66. The lowest BCUT2D eigenvalue weighted by Crippen LogP contribution is -2.42. The van der Waals surface area contributed by atoms with Crippen LogP contribution in [0.1, 0.15) is 45.4 Å². The number of nitrogens with zero attached hydrogens (tertiary/aromatic N) is 1. The quantitative estimate of drug-likeness (QED) is 0.757. The third-order valence-corrected chi connectivity index (χ3v) is 3.94. The van der Waals surface area contributed by atoms with Crippen LogP contribution in [0.4, 0.5) is 0 Å². The molecule has 0 aromatic heterocycles. The summed E-state index contributed by atoms with van der Waals surface area (Å²) in [5.74, 6) is 0.0664. The van der Waals surface area contributed by atoms with Crippen LogP contribution in [0.2, 0.25) is 0 Å². The zero-order valence-corrected chi connectivity index (χ0v) is 9.48. The van der Waals surface area contributed by atoms with Gasteiger partial charge in [0.05, 0.1) is 6.54 Å². The normalized spacial score (nSPS) is 24.7. The van der Waals surface area contributed by atoms with Crippen molar-refractivity contribution in [2.45, 2.75) is 57.5 Å². The van der Waals surface area contributed by atoms with Crippen LogP contribution in [0, 0.1) is 5.92 Å². The zero-order chi connectivity index (χ0) is 10.8. The molecule has 0 aliphatic heterocycles. The van der Waals surface area contributed by atoms with Gasteiger partial charge in [0.1, 0.15) is 0 Å². The topological polar surface area (TPSA) is 40.5 Å². The smallest absolute Gasteiger partial charge is 0.317 e. The molecular weight excluding hydrogens is 190 g/mol. The van der Waals surface area contributed by atoms with E-state index in [1.54, 1.807) is 0 Å². The molecule has 2 rings (SSSR count). The van der Waals surface area contributed by atoms with Crippen LogP contribution in [0.15, 0.2) is 0 Å². The third-order valence-electron chi connectivity index (χ3n) is 3.94. The summed E-state index contributed by atoms with van der Waals surface area (Å²) in [6, 6.07) is 1.03. The number of carboxylic acids is 1. The van der Waals surface area contributed by atoms with Gasteiger partial charge in [-0.2, -0.15) is 0 Å². The molecule has 2 aliphatic carbocycles. The first kappa shape index (κ1) is 10.9. The molecule has 3 nitrogen and oxygen atoms in total. The number of hydrogen-bond acceptors (Lipinski definition) is 2. The summed E-state index contributed by atoms with van der Waals surface area (Å²) < 4.78 is 0. The van der Waals surface area contributed by atoms with Crippen molar-refractivity contribution in [1.29, 1.82) is 0 Å². The van der Waals surface area contributed by atoms with E-state index in [1.165, 1.54) is 38.5 Å². The van der Waals surface area contributed by atoms with E-state index in [9.17, 15) is 4.79 Å². The fourth-order valence-electron chi connectivity index (χ4n) is 2.88. The van der Waals surface area contributed by atoms with Crippen LogP contribution in [-0.2, 0) is 4.79 Å². The van der Waals surface area contributed by atoms with Crippen molar-refractivity contribution in [3.63, 3.8) is 0 Å². The van der Waals surface area contributed by atoms with Gasteiger partial charge in [-0.25, -0.2) is 0 Å². The molecule has 86 valence electrons. The largest absolute Gasteiger partial charge is 0.480 e. The highest BCUT2D eigenvalue weighted by atomic mass is 16.4. The third kappa shape index (κ3) is 2.71. The fourth-order valence-corrected chi connectivity index (χ4v) is 2.88. The maximum absolute atomic E-state index is 10.8. The predicted molar refractivity (Wildman–Crippen MR) is 58.8 cm³/mol. The van der Waals surface area contributed by atoms with Crippen molar-refractivity contribution < 1.29 is 9.90 Å². The Bertz CT molecular complexity index is 232. The molecule has 0 bridgehead atoms. The van der Waals surface area contributed by atoms with Gasteiger partial charge in [0.2, 0.25) is 0 Å². The Morgan fingerprint density at radius 2 is 1.93 bits per heavy atom. The molecule has 2 aliphatic rings. The van der Waals surface area contributed by atoms with Gasteiger partial charge in [-0.3, -0.25) is 9.69 Å². The van der Waals surface area contributed by atoms with E-state index in [4.69, 9.17) is 5.11 Å². The van der Waals surface area contributed by atoms with E-state index >= 15 is 0 Å². The average molecular weight is 211 g/mol. The van der Waals surface area contributed by atoms with Gasteiger partial charge in [0, 0.05) is 12.1 Å². The molecule has 0 spiro atoms. The van der Waals surface area contributed by atoms with E-state index in [2.05, 4.69) is 11.8 Å². The van der Waals surface area contributed by atoms with Crippen LogP contribution in [-0.4, -0.2) is 34.6 Å². The second-order valence-electron chi connectivity index (χ2n) is 5.08. The Balaban J connectivity index is 1.93. The Kier molecular flexibility index (Phi) is 3.29. The van der Waals surface area contributed by atoms with Gasteiger partial charge in [0.25, 0.3) is 0 Å². The molecule has 0 heterocycles. The lowest BCUT2D eigenvalue weighted by atomic mass is 9.98. The molecule has 0 amide bonds. The van der Waals surface area contributed by atoms with Crippen molar-refractivity contribution in [2.75, 3.05) is 6.54 Å². The van der Waals surface area contributed by atoms with E-state index < -0.39 is 5.97 Å². The molecule has 0 aromatic carbocycles. The van der Waals surface area contributed by atoms with Crippen LogP contribution in [0.3, 0.4) is 0 Å². The lowest BCUT2D eigenvalue weighted by molar-refractivity contribution is -0.139. The Labute approximate surface area is 91.5 Å². The van der Waals surface area contributed by atoms with Gasteiger partial charge < -0.3 is 5.11 Å².